The lowest BCUT2D eigenvalue weighted by Gasteiger charge is -2.18. The summed E-state index contributed by atoms with van der Waals surface area (Å²) in [5.74, 6) is 1.32. The van der Waals surface area contributed by atoms with Crippen LogP contribution in [0.25, 0.3) is 22.4 Å². The Morgan fingerprint density at radius 3 is 2.49 bits per heavy atom. The molecule has 0 spiro atoms. The molecular formula is C27H33N3O4S. The van der Waals surface area contributed by atoms with Crippen LogP contribution >= 0.6 is 0 Å². The van der Waals surface area contributed by atoms with Crippen LogP contribution in [-0.2, 0) is 17.8 Å². The van der Waals surface area contributed by atoms with Crippen LogP contribution in [0.1, 0.15) is 90.9 Å². The fourth-order valence-corrected chi connectivity index (χ4v) is 5.26. The molecule has 186 valence electrons. The van der Waals surface area contributed by atoms with E-state index >= 15 is 0 Å². The van der Waals surface area contributed by atoms with Crippen molar-refractivity contribution in [2.75, 3.05) is 13.6 Å². The number of carbonyl (C=O) groups excluding carboxylic acids is 1. The van der Waals surface area contributed by atoms with Gasteiger partial charge in [-0.1, -0.05) is 44.0 Å². The Labute approximate surface area is 208 Å². The van der Waals surface area contributed by atoms with Crippen LogP contribution in [0.5, 0.6) is 0 Å². The van der Waals surface area contributed by atoms with E-state index in [-0.39, 0.29) is 12.5 Å². The molecule has 0 radical (unpaired) electrons. The van der Waals surface area contributed by atoms with E-state index < -0.39 is 11.3 Å². The van der Waals surface area contributed by atoms with Crippen LogP contribution in [0.4, 0.5) is 0 Å². The van der Waals surface area contributed by atoms with Gasteiger partial charge in [0.15, 0.2) is 0 Å². The molecule has 0 saturated heterocycles. The highest BCUT2D eigenvalue weighted by molar-refractivity contribution is 7.76. The number of benzene rings is 1. The van der Waals surface area contributed by atoms with E-state index in [1.807, 2.05) is 18.2 Å². The average molecular weight is 496 g/mol. The number of fused-ring (bicyclic) bond motifs is 1. The molecule has 1 unspecified atom stereocenters. The molecule has 0 bridgehead atoms. The first-order valence-electron chi connectivity index (χ1n) is 12.6. The summed E-state index contributed by atoms with van der Waals surface area (Å²) in [5.41, 5.74) is 4.85. The summed E-state index contributed by atoms with van der Waals surface area (Å²) < 4.78 is 29.7. The largest absolute Gasteiger partial charge is 0.437 e. The zero-order valence-corrected chi connectivity index (χ0v) is 21.2. The van der Waals surface area contributed by atoms with Gasteiger partial charge < -0.3 is 9.73 Å². The number of nitrogens with zero attached hydrogens (tertiary/aromatic N) is 2. The van der Waals surface area contributed by atoms with Crippen LogP contribution < -0.4 is 5.32 Å². The van der Waals surface area contributed by atoms with E-state index in [9.17, 15) is 13.6 Å². The number of unbranched alkanes of at least 4 members (excludes halogenated alkanes) is 2. The van der Waals surface area contributed by atoms with E-state index in [0.29, 0.717) is 40.8 Å². The number of pyridine rings is 1. The lowest BCUT2D eigenvalue weighted by molar-refractivity contribution is 0.0964. The Bertz CT molecular complexity index is 1250. The van der Waals surface area contributed by atoms with Crippen molar-refractivity contribution < 1.29 is 18.0 Å². The normalized spacial score (nSPS) is 16.7. The zero-order valence-electron chi connectivity index (χ0n) is 20.4. The molecule has 2 fully saturated rings. The Morgan fingerprint density at radius 1 is 1.17 bits per heavy atom. The average Bonchev–Trinajstić information content (AvgIpc) is 3.79. The van der Waals surface area contributed by atoms with E-state index in [4.69, 9.17) is 9.40 Å². The first-order chi connectivity index (χ1) is 17.0. The van der Waals surface area contributed by atoms with Crippen molar-refractivity contribution in [1.29, 1.82) is 0 Å². The quantitative estimate of drug-likeness (QED) is 0.261. The molecule has 0 aliphatic heterocycles. The highest BCUT2D eigenvalue weighted by Crippen LogP contribution is 2.45. The van der Waals surface area contributed by atoms with E-state index in [2.05, 4.69) is 24.4 Å². The zero-order chi connectivity index (χ0) is 24.5. The number of hydrogen-bond donors (Lipinski definition) is 2. The van der Waals surface area contributed by atoms with Gasteiger partial charge in [-0.05, 0) is 61.1 Å². The van der Waals surface area contributed by atoms with Gasteiger partial charge in [-0.3, -0.25) is 9.35 Å². The van der Waals surface area contributed by atoms with Gasteiger partial charge in [-0.15, -0.1) is 0 Å². The molecule has 2 saturated carbocycles. The molecule has 3 aromatic rings. The maximum atomic E-state index is 13.0. The van der Waals surface area contributed by atoms with Crippen LogP contribution in [0.15, 0.2) is 34.7 Å². The molecule has 2 aliphatic rings. The maximum absolute atomic E-state index is 13.0. The third-order valence-corrected chi connectivity index (χ3v) is 7.80. The standard InChI is InChI=1S/C27H33N3O4S/c1-3-4-5-14-30(35(32)33)16-23-21(19-10-11-19)15-22-24(26(31)28-2)25(34-27(22)29-23)20-12-8-18(9-13-20)17-6-7-17/h8-9,12-13,15,17,19H,3-7,10-11,14,16H2,1-2H3,(H,28,31)(H,32,33). The Hall–Kier alpha value is -2.55. The molecule has 7 nitrogen and oxygen atoms in total. The predicted molar refractivity (Wildman–Crippen MR) is 137 cm³/mol. The van der Waals surface area contributed by atoms with Gasteiger partial charge in [-0.25, -0.2) is 9.19 Å². The van der Waals surface area contributed by atoms with Gasteiger partial charge >= 0.3 is 0 Å². The summed E-state index contributed by atoms with van der Waals surface area (Å²) in [6.45, 7) is 2.91. The second-order valence-electron chi connectivity index (χ2n) is 9.73. The molecule has 2 aromatic heterocycles. The topological polar surface area (TPSA) is 95.7 Å². The van der Waals surface area contributed by atoms with Crippen molar-refractivity contribution in [2.45, 2.75) is 70.3 Å². The molecule has 35 heavy (non-hydrogen) atoms. The Balaban J connectivity index is 1.56. The number of carbonyl (C=O) groups is 1. The summed E-state index contributed by atoms with van der Waals surface area (Å²) in [7, 11) is 1.62. The molecular weight excluding hydrogens is 462 g/mol. The predicted octanol–water partition coefficient (Wildman–Crippen LogP) is 5.74. The first kappa shape index (κ1) is 24.2. The smallest absolute Gasteiger partial charge is 0.255 e. The summed E-state index contributed by atoms with van der Waals surface area (Å²) in [5, 5.41) is 3.45. The number of amides is 1. The molecule has 5 rings (SSSR count). The van der Waals surface area contributed by atoms with Gasteiger partial charge in [0, 0.05) is 19.2 Å². The van der Waals surface area contributed by atoms with Crippen molar-refractivity contribution in [3.8, 4) is 11.3 Å². The first-order valence-corrected chi connectivity index (χ1v) is 13.7. The number of hydrogen-bond acceptors (Lipinski definition) is 4. The lowest BCUT2D eigenvalue weighted by Crippen LogP contribution is -2.27. The second-order valence-corrected chi connectivity index (χ2v) is 10.7. The molecule has 1 aromatic carbocycles. The lowest BCUT2D eigenvalue weighted by atomic mass is 10.0. The number of nitrogens with one attached hydrogen (secondary N) is 1. The fraction of sp³-hybridized carbons (Fsp3) is 0.481. The van der Waals surface area contributed by atoms with Crippen LogP contribution in [0.2, 0.25) is 0 Å². The molecule has 8 heteroatoms. The van der Waals surface area contributed by atoms with Gasteiger partial charge in [0.1, 0.15) is 5.76 Å². The second kappa shape index (κ2) is 10.2. The van der Waals surface area contributed by atoms with Gasteiger partial charge in [0.2, 0.25) is 17.0 Å². The molecule has 2 aliphatic carbocycles. The highest BCUT2D eigenvalue weighted by atomic mass is 32.2. The third-order valence-electron chi connectivity index (χ3n) is 7.05. The van der Waals surface area contributed by atoms with E-state index in [1.54, 1.807) is 11.4 Å². The Morgan fingerprint density at radius 2 is 1.89 bits per heavy atom. The minimum absolute atomic E-state index is 0.209. The van der Waals surface area contributed by atoms with Crippen molar-refractivity contribution in [3.63, 3.8) is 0 Å². The Kier molecular flexibility index (Phi) is 7.05. The van der Waals surface area contributed by atoms with E-state index in [1.165, 1.54) is 18.4 Å². The molecule has 2 heterocycles. The van der Waals surface area contributed by atoms with Gasteiger partial charge in [0.25, 0.3) is 5.91 Å². The number of rotatable bonds is 11. The minimum Gasteiger partial charge on any atom is -0.437 e. The summed E-state index contributed by atoms with van der Waals surface area (Å²) in [6, 6.07) is 10.3. The molecule has 2 N–H and O–H groups in total. The van der Waals surface area contributed by atoms with Crippen molar-refractivity contribution in [2.24, 2.45) is 0 Å². The maximum Gasteiger partial charge on any atom is 0.255 e. The number of aromatic nitrogens is 1. The van der Waals surface area contributed by atoms with Crippen molar-refractivity contribution in [1.82, 2.24) is 14.6 Å². The fourth-order valence-electron chi connectivity index (χ4n) is 4.74. The minimum atomic E-state index is -2.08. The van der Waals surface area contributed by atoms with Crippen LogP contribution in [0, 0.1) is 0 Å². The SMILES string of the molecule is CCCCCN(Cc1nc2oc(-c3ccc(C4CC4)cc3)c(C(=O)NC)c2cc1C1CC1)S(=O)O. The highest BCUT2D eigenvalue weighted by Gasteiger charge is 2.31. The summed E-state index contributed by atoms with van der Waals surface area (Å²) in [4.78, 5) is 17.8. The third kappa shape index (κ3) is 5.20. The molecule has 1 atom stereocenters. The van der Waals surface area contributed by atoms with Gasteiger partial charge in [-0.2, -0.15) is 4.31 Å². The van der Waals surface area contributed by atoms with Crippen molar-refractivity contribution in [3.05, 3.63) is 52.7 Å². The monoisotopic (exact) mass is 495 g/mol. The summed E-state index contributed by atoms with van der Waals surface area (Å²) in [6.07, 6.45) is 7.49. The van der Waals surface area contributed by atoms with Crippen molar-refractivity contribution >= 4 is 28.3 Å². The summed E-state index contributed by atoms with van der Waals surface area (Å²) >= 11 is -2.08. The van der Waals surface area contributed by atoms with Gasteiger partial charge in [0.05, 0.1) is 23.2 Å². The van der Waals surface area contributed by atoms with Crippen LogP contribution in [0.3, 0.4) is 0 Å². The molecule has 1 amide bonds. The van der Waals surface area contributed by atoms with E-state index in [0.717, 1.165) is 48.9 Å². The number of furan rings is 1. The van der Waals surface area contributed by atoms with Crippen LogP contribution in [-0.4, -0.2) is 37.6 Å².